The number of hydrogen-bond donors (Lipinski definition) is 2. The normalized spacial score (nSPS) is 11.9. The zero-order valence-electron chi connectivity index (χ0n) is 10.5. The number of nitrogens with zero attached hydrogens (tertiary/aromatic N) is 1. The zero-order chi connectivity index (χ0) is 13.7. The molecule has 0 fully saturated rings. The van der Waals surface area contributed by atoms with Crippen LogP contribution in [0.5, 0.6) is 0 Å². The van der Waals surface area contributed by atoms with Crippen molar-refractivity contribution in [2.45, 2.75) is 13.8 Å². The van der Waals surface area contributed by atoms with E-state index < -0.39 is 10.8 Å². The molecule has 3 N–H and O–H groups in total. The van der Waals surface area contributed by atoms with Gasteiger partial charge in [0.2, 0.25) is 0 Å². The minimum absolute atomic E-state index is 0.0872. The van der Waals surface area contributed by atoms with Crippen molar-refractivity contribution in [2.75, 3.05) is 13.1 Å². The maximum absolute atomic E-state index is 11.9. The Labute approximate surface area is 105 Å². The predicted molar refractivity (Wildman–Crippen MR) is 68.4 cm³/mol. The third kappa shape index (κ3) is 3.27. The second-order valence-corrected chi connectivity index (χ2v) is 4.28. The van der Waals surface area contributed by atoms with Gasteiger partial charge in [-0.15, -0.1) is 0 Å². The monoisotopic (exact) mass is 251 g/mol. The molecule has 0 saturated heterocycles. The molecule has 1 unspecified atom stereocenters. The van der Waals surface area contributed by atoms with Gasteiger partial charge in [0, 0.05) is 12.1 Å². The number of rotatable bonds is 5. The van der Waals surface area contributed by atoms with Crippen LogP contribution >= 0.6 is 0 Å². The van der Waals surface area contributed by atoms with Crippen LogP contribution in [0.15, 0.2) is 18.2 Å². The topological polar surface area (TPSA) is 98.3 Å². The van der Waals surface area contributed by atoms with E-state index in [1.165, 1.54) is 6.07 Å². The van der Waals surface area contributed by atoms with Crippen molar-refractivity contribution < 1.29 is 9.72 Å². The van der Waals surface area contributed by atoms with Crippen LogP contribution in [-0.4, -0.2) is 23.9 Å². The second kappa shape index (κ2) is 6.11. The fraction of sp³-hybridized carbons (Fsp3) is 0.417. The van der Waals surface area contributed by atoms with Crippen LogP contribution in [0.4, 0.5) is 5.69 Å². The Bertz CT molecular complexity index is 460. The maximum atomic E-state index is 11.9. The molecule has 6 nitrogen and oxygen atoms in total. The Hall–Kier alpha value is -1.95. The zero-order valence-corrected chi connectivity index (χ0v) is 10.5. The van der Waals surface area contributed by atoms with Crippen LogP contribution in [-0.2, 0) is 0 Å². The van der Waals surface area contributed by atoms with Crippen LogP contribution in [0.2, 0.25) is 0 Å². The van der Waals surface area contributed by atoms with Gasteiger partial charge in [-0.05, 0) is 25.5 Å². The summed E-state index contributed by atoms with van der Waals surface area (Å²) in [7, 11) is 0. The molecular formula is C12H17N3O3. The number of aryl methyl sites for hydroxylation is 1. The summed E-state index contributed by atoms with van der Waals surface area (Å²) in [6.45, 7) is 4.36. The number of hydrogen-bond acceptors (Lipinski definition) is 4. The average molecular weight is 251 g/mol. The summed E-state index contributed by atoms with van der Waals surface area (Å²) in [6.07, 6.45) is 0. The summed E-state index contributed by atoms with van der Waals surface area (Å²) in [5.74, 6) is -0.302. The molecule has 1 aromatic carbocycles. The van der Waals surface area contributed by atoms with E-state index in [0.717, 1.165) is 0 Å². The Morgan fingerprint density at radius 1 is 1.56 bits per heavy atom. The number of carbonyl (C=O) groups excluding carboxylic acids is 1. The summed E-state index contributed by atoms with van der Waals surface area (Å²) in [5, 5.41) is 13.6. The molecule has 0 bridgehead atoms. The average Bonchev–Trinajstić information content (AvgIpc) is 2.34. The third-order valence-corrected chi connectivity index (χ3v) is 2.68. The highest BCUT2D eigenvalue weighted by Gasteiger charge is 2.22. The summed E-state index contributed by atoms with van der Waals surface area (Å²) < 4.78 is 0. The molecule has 1 aromatic rings. The smallest absolute Gasteiger partial charge is 0.285 e. The number of nitrogens with two attached hydrogens (primary N) is 1. The fourth-order valence-electron chi connectivity index (χ4n) is 1.53. The number of carbonyl (C=O) groups is 1. The second-order valence-electron chi connectivity index (χ2n) is 4.28. The van der Waals surface area contributed by atoms with E-state index in [-0.39, 0.29) is 17.2 Å². The van der Waals surface area contributed by atoms with Crippen LogP contribution < -0.4 is 11.1 Å². The van der Waals surface area contributed by atoms with Gasteiger partial charge in [-0.25, -0.2) is 0 Å². The van der Waals surface area contributed by atoms with Gasteiger partial charge in [0.1, 0.15) is 5.56 Å². The quantitative estimate of drug-likeness (QED) is 0.607. The van der Waals surface area contributed by atoms with Crippen LogP contribution in [0, 0.1) is 23.0 Å². The lowest BCUT2D eigenvalue weighted by Gasteiger charge is -2.10. The number of benzene rings is 1. The minimum atomic E-state index is -0.531. The van der Waals surface area contributed by atoms with Crippen molar-refractivity contribution in [2.24, 2.45) is 11.7 Å². The first kappa shape index (κ1) is 14.1. The van der Waals surface area contributed by atoms with Crippen LogP contribution in [0.3, 0.4) is 0 Å². The highest BCUT2D eigenvalue weighted by Crippen LogP contribution is 2.22. The summed E-state index contributed by atoms with van der Waals surface area (Å²) in [4.78, 5) is 22.3. The van der Waals surface area contributed by atoms with Gasteiger partial charge in [-0.2, -0.15) is 0 Å². The van der Waals surface area contributed by atoms with Crippen LogP contribution in [0.1, 0.15) is 22.8 Å². The lowest BCUT2D eigenvalue weighted by atomic mass is 10.1. The molecule has 1 amide bonds. The molecule has 1 rings (SSSR count). The standard InChI is InChI=1S/C12H17N3O3/c1-8(6-13)7-14-12(16)10-5-3-4-9(2)11(10)15(17)18/h3-5,8H,6-7,13H2,1-2H3,(H,14,16). The molecule has 0 aliphatic carbocycles. The summed E-state index contributed by atoms with van der Waals surface area (Å²) in [5.41, 5.74) is 5.86. The molecule has 0 radical (unpaired) electrons. The number of nitrogens with one attached hydrogen (secondary N) is 1. The van der Waals surface area contributed by atoms with Gasteiger partial charge in [-0.3, -0.25) is 14.9 Å². The molecular weight excluding hydrogens is 234 g/mol. The lowest BCUT2D eigenvalue weighted by Crippen LogP contribution is -2.31. The highest BCUT2D eigenvalue weighted by atomic mass is 16.6. The SMILES string of the molecule is Cc1cccc(C(=O)NCC(C)CN)c1[N+](=O)[O-]. The van der Waals surface area contributed by atoms with Crippen molar-refractivity contribution in [3.63, 3.8) is 0 Å². The first-order valence-corrected chi connectivity index (χ1v) is 5.69. The van der Waals surface area contributed by atoms with E-state index in [1.54, 1.807) is 19.1 Å². The Kier molecular flexibility index (Phi) is 4.79. The summed E-state index contributed by atoms with van der Waals surface area (Å²) >= 11 is 0. The van der Waals surface area contributed by atoms with Crippen molar-refractivity contribution >= 4 is 11.6 Å². The van der Waals surface area contributed by atoms with E-state index in [0.29, 0.717) is 18.7 Å². The van der Waals surface area contributed by atoms with Crippen molar-refractivity contribution in [1.29, 1.82) is 0 Å². The van der Waals surface area contributed by atoms with Crippen molar-refractivity contribution in [3.8, 4) is 0 Å². The number of nitro groups is 1. The largest absolute Gasteiger partial charge is 0.352 e. The molecule has 0 aliphatic heterocycles. The first-order chi connectivity index (χ1) is 8.47. The van der Waals surface area contributed by atoms with E-state index >= 15 is 0 Å². The van der Waals surface area contributed by atoms with Gasteiger partial charge in [0.05, 0.1) is 4.92 Å². The summed E-state index contributed by atoms with van der Waals surface area (Å²) in [6, 6.07) is 4.69. The highest BCUT2D eigenvalue weighted by molar-refractivity contribution is 5.98. The van der Waals surface area contributed by atoms with E-state index in [4.69, 9.17) is 5.73 Å². The van der Waals surface area contributed by atoms with Gasteiger partial charge in [-0.1, -0.05) is 19.1 Å². The number of nitro benzene ring substituents is 1. The molecule has 0 heterocycles. The molecule has 18 heavy (non-hydrogen) atoms. The molecule has 0 spiro atoms. The molecule has 6 heteroatoms. The van der Waals surface area contributed by atoms with Crippen molar-refractivity contribution in [3.05, 3.63) is 39.4 Å². The minimum Gasteiger partial charge on any atom is -0.352 e. The maximum Gasteiger partial charge on any atom is 0.285 e. The molecule has 98 valence electrons. The number of amides is 1. The van der Waals surface area contributed by atoms with Crippen LogP contribution in [0.25, 0.3) is 0 Å². The lowest BCUT2D eigenvalue weighted by molar-refractivity contribution is -0.385. The number of para-hydroxylation sites is 1. The van der Waals surface area contributed by atoms with Gasteiger partial charge in [0.15, 0.2) is 0 Å². The van der Waals surface area contributed by atoms with E-state index in [9.17, 15) is 14.9 Å². The Morgan fingerprint density at radius 2 is 2.22 bits per heavy atom. The van der Waals surface area contributed by atoms with Gasteiger partial charge >= 0.3 is 0 Å². The molecule has 0 saturated carbocycles. The van der Waals surface area contributed by atoms with Crippen molar-refractivity contribution in [1.82, 2.24) is 5.32 Å². The fourth-order valence-corrected chi connectivity index (χ4v) is 1.53. The molecule has 0 aliphatic rings. The Balaban J connectivity index is 2.92. The molecule has 0 aromatic heterocycles. The predicted octanol–water partition coefficient (Wildman–Crippen LogP) is 1.23. The molecule has 1 atom stereocenters. The van der Waals surface area contributed by atoms with E-state index in [1.807, 2.05) is 6.92 Å². The van der Waals surface area contributed by atoms with Gasteiger partial charge < -0.3 is 11.1 Å². The third-order valence-electron chi connectivity index (χ3n) is 2.68. The van der Waals surface area contributed by atoms with Gasteiger partial charge in [0.25, 0.3) is 11.6 Å². The Morgan fingerprint density at radius 3 is 2.78 bits per heavy atom. The van der Waals surface area contributed by atoms with E-state index in [2.05, 4.69) is 5.32 Å². The first-order valence-electron chi connectivity index (χ1n) is 5.69.